The number of carbonyl (C=O) groups is 3. The van der Waals surface area contributed by atoms with Crippen LogP contribution >= 0.6 is 0 Å². The van der Waals surface area contributed by atoms with Crippen LogP contribution in [0.4, 0.5) is 5.69 Å². The van der Waals surface area contributed by atoms with Gasteiger partial charge < -0.3 is 15.0 Å². The van der Waals surface area contributed by atoms with Gasteiger partial charge in [-0.1, -0.05) is 63.2 Å². The maximum atomic E-state index is 13.2. The van der Waals surface area contributed by atoms with Gasteiger partial charge in [0.25, 0.3) is 5.91 Å². The summed E-state index contributed by atoms with van der Waals surface area (Å²) in [6.07, 6.45) is 0.00880. The summed E-state index contributed by atoms with van der Waals surface area (Å²) in [6.45, 7) is 10.6. The lowest BCUT2D eigenvalue weighted by Gasteiger charge is -2.35. The molecule has 176 valence electrons. The number of carbonyl (C=O) groups excluding carboxylic acids is 3. The molecule has 1 aliphatic heterocycles. The first-order chi connectivity index (χ1) is 15.6. The van der Waals surface area contributed by atoms with Crippen molar-refractivity contribution in [3.63, 3.8) is 0 Å². The van der Waals surface area contributed by atoms with Crippen molar-refractivity contribution in [1.29, 1.82) is 0 Å². The van der Waals surface area contributed by atoms with Crippen molar-refractivity contribution in [3.05, 3.63) is 65.2 Å². The van der Waals surface area contributed by atoms with Gasteiger partial charge in [0.2, 0.25) is 12.0 Å². The average molecular weight is 451 g/mol. The maximum Gasteiger partial charge on any atom is 0.310 e. The molecule has 0 spiro atoms. The van der Waals surface area contributed by atoms with Gasteiger partial charge in [0, 0.05) is 29.8 Å². The topological polar surface area (TPSA) is 75.7 Å². The minimum Gasteiger partial charge on any atom is -0.447 e. The maximum absolute atomic E-state index is 13.2. The van der Waals surface area contributed by atoms with E-state index in [0.29, 0.717) is 37.2 Å². The monoisotopic (exact) mass is 450 g/mol. The fourth-order valence-corrected chi connectivity index (χ4v) is 3.97. The molecule has 6 nitrogen and oxygen atoms in total. The zero-order chi connectivity index (χ0) is 24.2. The zero-order valence-corrected chi connectivity index (χ0v) is 20.2. The molecule has 3 rings (SSSR count). The summed E-state index contributed by atoms with van der Waals surface area (Å²) in [4.78, 5) is 40.6. The summed E-state index contributed by atoms with van der Waals surface area (Å²) < 4.78 is 5.79. The van der Waals surface area contributed by atoms with E-state index in [1.165, 1.54) is 0 Å². The zero-order valence-electron chi connectivity index (χ0n) is 20.2. The fraction of sp³-hybridized carbons (Fsp3) is 0.444. The van der Waals surface area contributed by atoms with Crippen LogP contribution in [0.2, 0.25) is 0 Å². The first-order valence-electron chi connectivity index (χ1n) is 11.5. The number of nitrogens with one attached hydrogen (secondary N) is 1. The summed E-state index contributed by atoms with van der Waals surface area (Å²) in [6, 6.07) is 14.9. The lowest BCUT2D eigenvalue weighted by Crippen LogP contribution is -2.45. The van der Waals surface area contributed by atoms with E-state index in [0.717, 1.165) is 11.1 Å². The summed E-state index contributed by atoms with van der Waals surface area (Å²) in [5.74, 6) is -1.04. The Balaban J connectivity index is 1.71. The molecule has 1 saturated heterocycles. The van der Waals surface area contributed by atoms with Crippen molar-refractivity contribution in [2.75, 3.05) is 18.4 Å². The molecule has 0 radical (unpaired) electrons. The van der Waals surface area contributed by atoms with Gasteiger partial charge in [0.15, 0.2) is 0 Å². The Kier molecular flexibility index (Phi) is 7.57. The molecule has 1 atom stereocenters. The van der Waals surface area contributed by atoms with E-state index in [9.17, 15) is 14.4 Å². The number of benzene rings is 2. The number of aryl methyl sites for hydroxylation is 2. The number of nitrogens with zero attached hydrogens (tertiary/aromatic N) is 1. The normalized spacial score (nSPS) is 15.6. The standard InChI is InChI=1S/C27H34N2O4/c1-18-11-12-19(2)22(17-18)28-24(30)23(20-9-7-6-8-10-20)33-25(31)21-13-15-29(16-14-21)26(32)27(3,4)5/h6-12,17,21,23H,13-16H2,1-5H3,(H,28,30). The first kappa shape index (κ1) is 24.5. The molecule has 6 heteroatoms. The van der Waals surface area contributed by atoms with Crippen molar-refractivity contribution in [2.45, 2.75) is 53.6 Å². The molecule has 2 aromatic carbocycles. The van der Waals surface area contributed by atoms with Gasteiger partial charge in [-0.05, 0) is 43.9 Å². The number of hydrogen-bond acceptors (Lipinski definition) is 4. The molecule has 0 aromatic heterocycles. The predicted molar refractivity (Wildman–Crippen MR) is 129 cm³/mol. The number of rotatable bonds is 5. The number of ether oxygens (including phenoxy) is 1. The van der Waals surface area contributed by atoms with Crippen LogP contribution in [0.5, 0.6) is 0 Å². The number of esters is 1. The number of anilines is 1. The van der Waals surface area contributed by atoms with Crippen LogP contribution in [-0.2, 0) is 19.1 Å². The minimum absolute atomic E-state index is 0.0874. The molecule has 0 saturated carbocycles. The minimum atomic E-state index is -1.05. The molecular formula is C27H34N2O4. The lowest BCUT2D eigenvalue weighted by atomic mass is 9.91. The van der Waals surface area contributed by atoms with E-state index < -0.39 is 17.5 Å². The highest BCUT2D eigenvalue weighted by atomic mass is 16.5. The van der Waals surface area contributed by atoms with Crippen LogP contribution in [0.15, 0.2) is 48.5 Å². The summed E-state index contributed by atoms with van der Waals surface area (Å²) in [5.41, 5.74) is 2.83. The highest BCUT2D eigenvalue weighted by Crippen LogP contribution is 2.28. The smallest absolute Gasteiger partial charge is 0.310 e. The van der Waals surface area contributed by atoms with E-state index >= 15 is 0 Å². The van der Waals surface area contributed by atoms with Gasteiger partial charge in [-0.25, -0.2) is 0 Å². The van der Waals surface area contributed by atoms with Gasteiger partial charge in [-0.2, -0.15) is 0 Å². The van der Waals surface area contributed by atoms with Crippen molar-refractivity contribution in [2.24, 2.45) is 11.3 Å². The van der Waals surface area contributed by atoms with Crippen LogP contribution in [0.3, 0.4) is 0 Å². The quantitative estimate of drug-likeness (QED) is 0.663. The Bertz CT molecular complexity index is 1000. The first-order valence-corrected chi connectivity index (χ1v) is 11.5. The number of amides is 2. The second-order valence-electron chi connectivity index (χ2n) is 9.85. The molecule has 1 N–H and O–H groups in total. The SMILES string of the molecule is Cc1ccc(C)c(NC(=O)C(OC(=O)C2CCN(C(=O)C(C)(C)C)CC2)c2ccccc2)c1. The molecule has 1 heterocycles. The third kappa shape index (κ3) is 6.21. The Hall–Kier alpha value is -3.15. The summed E-state index contributed by atoms with van der Waals surface area (Å²) in [7, 11) is 0. The molecular weight excluding hydrogens is 416 g/mol. The van der Waals surface area contributed by atoms with E-state index in [1.807, 2.05) is 75.9 Å². The fourth-order valence-electron chi connectivity index (χ4n) is 3.97. The summed E-state index contributed by atoms with van der Waals surface area (Å²) >= 11 is 0. The van der Waals surface area contributed by atoms with Gasteiger partial charge in [0.05, 0.1) is 5.92 Å². The Morgan fingerprint density at radius 3 is 2.24 bits per heavy atom. The highest BCUT2D eigenvalue weighted by Gasteiger charge is 2.35. The number of hydrogen-bond donors (Lipinski definition) is 1. The summed E-state index contributed by atoms with van der Waals surface area (Å²) in [5, 5.41) is 2.93. The lowest BCUT2D eigenvalue weighted by molar-refractivity contribution is -0.161. The molecule has 2 amide bonds. The molecule has 0 bridgehead atoms. The molecule has 1 aliphatic rings. The van der Waals surface area contributed by atoms with Gasteiger partial charge in [0.1, 0.15) is 0 Å². The van der Waals surface area contributed by atoms with Gasteiger partial charge in [-0.3, -0.25) is 14.4 Å². The molecule has 0 aliphatic carbocycles. The molecule has 2 aromatic rings. The molecule has 1 fully saturated rings. The van der Waals surface area contributed by atoms with Gasteiger partial charge >= 0.3 is 5.97 Å². The Morgan fingerprint density at radius 2 is 1.64 bits per heavy atom. The second kappa shape index (κ2) is 10.2. The Morgan fingerprint density at radius 1 is 1.00 bits per heavy atom. The van der Waals surface area contributed by atoms with Crippen LogP contribution < -0.4 is 5.32 Å². The van der Waals surface area contributed by atoms with E-state index in [2.05, 4.69) is 5.32 Å². The predicted octanol–water partition coefficient (Wildman–Crippen LogP) is 4.81. The third-order valence-corrected chi connectivity index (χ3v) is 5.98. The van der Waals surface area contributed by atoms with Crippen LogP contribution in [0.25, 0.3) is 0 Å². The van der Waals surface area contributed by atoms with E-state index in [-0.39, 0.29) is 17.7 Å². The van der Waals surface area contributed by atoms with Gasteiger partial charge in [-0.15, -0.1) is 0 Å². The van der Waals surface area contributed by atoms with E-state index in [4.69, 9.17) is 4.74 Å². The van der Waals surface area contributed by atoms with Crippen LogP contribution in [-0.4, -0.2) is 35.8 Å². The Labute approximate surface area is 196 Å². The second-order valence-corrected chi connectivity index (χ2v) is 9.85. The van der Waals surface area contributed by atoms with Crippen LogP contribution in [0, 0.1) is 25.2 Å². The number of piperidine rings is 1. The third-order valence-electron chi connectivity index (χ3n) is 5.98. The number of likely N-dealkylation sites (tertiary alicyclic amines) is 1. The molecule has 1 unspecified atom stereocenters. The van der Waals surface area contributed by atoms with Crippen LogP contribution in [0.1, 0.15) is 56.4 Å². The van der Waals surface area contributed by atoms with Crippen molar-refractivity contribution < 1.29 is 19.1 Å². The highest BCUT2D eigenvalue weighted by molar-refractivity contribution is 5.96. The van der Waals surface area contributed by atoms with Crippen molar-refractivity contribution in [1.82, 2.24) is 4.90 Å². The van der Waals surface area contributed by atoms with Crippen molar-refractivity contribution in [3.8, 4) is 0 Å². The van der Waals surface area contributed by atoms with E-state index in [1.54, 1.807) is 12.1 Å². The molecule has 33 heavy (non-hydrogen) atoms. The largest absolute Gasteiger partial charge is 0.447 e. The van der Waals surface area contributed by atoms with Crippen molar-refractivity contribution >= 4 is 23.5 Å². The average Bonchev–Trinajstić information content (AvgIpc) is 2.79.